The summed E-state index contributed by atoms with van der Waals surface area (Å²) in [4.78, 5) is 23.3. The van der Waals surface area contributed by atoms with Gasteiger partial charge in [0.2, 0.25) is 0 Å². The molecule has 0 bridgehead atoms. The number of halogens is 1. The minimum Gasteiger partial charge on any atom is -0.302 e. The van der Waals surface area contributed by atoms with Gasteiger partial charge >= 0.3 is 0 Å². The SMILES string of the molecule is CCN(CC)CCN(C(=O)c1ccc(SC)cc1)c1nc2ccccc2s1.Cl. The first kappa shape index (κ1) is 22.7. The van der Waals surface area contributed by atoms with Gasteiger partial charge in [-0.2, -0.15) is 0 Å². The highest BCUT2D eigenvalue weighted by Gasteiger charge is 2.21. The fraction of sp³-hybridized carbons (Fsp3) is 0.333. The third kappa shape index (κ3) is 5.26. The van der Waals surface area contributed by atoms with Crippen molar-refractivity contribution in [1.29, 1.82) is 0 Å². The number of benzene rings is 2. The average Bonchev–Trinajstić information content (AvgIpc) is 3.14. The number of aromatic nitrogens is 1. The summed E-state index contributed by atoms with van der Waals surface area (Å²) in [6.07, 6.45) is 2.04. The molecule has 1 amide bonds. The van der Waals surface area contributed by atoms with Crippen LogP contribution in [-0.2, 0) is 0 Å². The molecule has 3 rings (SSSR count). The molecule has 2 aromatic carbocycles. The maximum Gasteiger partial charge on any atom is 0.260 e. The first-order valence-corrected chi connectivity index (χ1v) is 11.2. The Hall–Kier alpha value is -1.60. The van der Waals surface area contributed by atoms with Crippen LogP contribution in [0.1, 0.15) is 24.2 Å². The van der Waals surface area contributed by atoms with Gasteiger partial charge in [-0.05, 0) is 55.7 Å². The molecule has 0 N–H and O–H groups in total. The van der Waals surface area contributed by atoms with E-state index in [1.165, 1.54) is 0 Å². The van der Waals surface area contributed by atoms with Gasteiger partial charge in [-0.25, -0.2) is 4.98 Å². The van der Waals surface area contributed by atoms with E-state index in [0.29, 0.717) is 12.1 Å². The highest BCUT2D eigenvalue weighted by atomic mass is 35.5. The predicted octanol–water partition coefficient (Wildman–Crippen LogP) is 5.43. The molecular formula is C21H26ClN3OS2. The molecule has 0 saturated carbocycles. The lowest BCUT2D eigenvalue weighted by atomic mass is 10.2. The van der Waals surface area contributed by atoms with E-state index >= 15 is 0 Å². The maximum absolute atomic E-state index is 13.3. The van der Waals surface area contributed by atoms with Crippen LogP contribution in [0.4, 0.5) is 5.13 Å². The molecule has 150 valence electrons. The van der Waals surface area contributed by atoms with Gasteiger partial charge in [0.15, 0.2) is 5.13 Å². The van der Waals surface area contributed by atoms with E-state index in [9.17, 15) is 4.79 Å². The molecule has 0 spiro atoms. The topological polar surface area (TPSA) is 36.4 Å². The zero-order chi connectivity index (χ0) is 19.2. The molecule has 0 unspecified atom stereocenters. The van der Waals surface area contributed by atoms with Crippen molar-refractivity contribution in [3.8, 4) is 0 Å². The maximum atomic E-state index is 13.3. The number of likely N-dealkylation sites (N-methyl/N-ethyl adjacent to an activating group) is 1. The van der Waals surface area contributed by atoms with Crippen LogP contribution in [0.2, 0.25) is 0 Å². The molecule has 1 aromatic heterocycles. The van der Waals surface area contributed by atoms with Gasteiger partial charge in [0, 0.05) is 23.5 Å². The van der Waals surface area contributed by atoms with Crippen LogP contribution in [0.25, 0.3) is 10.2 Å². The van der Waals surface area contributed by atoms with Gasteiger partial charge < -0.3 is 4.90 Å². The summed E-state index contributed by atoms with van der Waals surface area (Å²) in [5.41, 5.74) is 1.64. The van der Waals surface area contributed by atoms with E-state index in [-0.39, 0.29) is 18.3 Å². The van der Waals surface area contributed by atoms with Gasteiger partial charge in [0.05, 0.1) is 10.2 Å². The second-order valence-corrected chi connectivity index (χ2v) is 8.07. The zero-order valence-electron chi connectivity index (χ0n) is 16.4. The molecule has 4 nitrogen and oxygen atoms in total. The molecule has 0 saturated heterocycles. The summed E-state index contributed by atoms with van der Waals surface area (Å²) < 4.78 is 1.10. The molecule has 0 aliphatic carbocycles. The van der Waals surface area contributed by atoms with Crippen LogP contribution in [0.5, 0.6) is 0 Å². The molecule has 0 aliphatic rings. The summed E-state index contributed by atoms with van der Waals surface area (Å²) >= 11 is 3.25. The van der Waals surface area contributed by atoms with Crippen molar-refractivity contribution in [2.45, 2.75) is 18.7 Å². The van der Waals surface area contributed by atoms with Gasteiger partial charge in [-0.3, -0.25) is 9.69 Å². The zero-order valence-corrected chi connectivity index (χ0v) is 18.9. The molecular weight excluding hydrogens is 410 g/mol. The number of amides is 1. The van der Waals surface area contributed by atoms with Crippen LogP contribution < -0.4 is 4.90 Å². The third-order valence-electron chi connectivity index (χ3n) is 4.63. The molecule has 0 atom stereocenters. The number of carbonyl (C=O) groups is 1. The van der Waals surface area contributed by atoms with E-state index in [1.807, 2.05) is 53.6 Å². The van der Waals surface area contributed by atoms with E-state index in [0.717, 1.165) is 39.9 Å². The van der Waals surface area contributed by atoms with E-state index in [4.69, 9.17) is 4.98 Å². The number of carbonyl (C=O) groups excluding carboxylic acids is 1. The Morgan fingerprint density at radius 3 is 2.32 bits per heavy atom. The summed E-state index contributed by atoms with van der Waals surface area (Å²) in [6.45, 7) is 7.70. The standard InChI is InChI=1S/C21H25N3OS2.ClH/c1-4-23(5-2)14-15-24(20(25)16-10-12-17(26-3)13-11-16)21-22-18-8-6-7-9-19(18)27-21;/h6-13H,4-5,14-15H2,1-3H3;1H. The van der Waals surface area contributed by atoms with Crippen molar-refractivity contribution in [3.05, 3.63) is 54.1 Å². The first-order valence-electron chi connectivity index (χ1n) is 9.20. The third-order valence-corrected chi connectivity index (χ3v) is 6.43. The average molecular weight is 436 g/mol. The Bertz CT molecular complexity index is 861. The number of thioether (sulfide) groups is 1. The van der Waals surface area contributed by atoms with Gasteiger partial charge in [0.1, 0.15) is 0 Å². The lowest BCUT2D eigenvalue weighted by molar-refractivity contribution is 0.0983. The van der Waals surface area contributed by atoms with Crippen LogP contribution in [-0.4, -0.2) is 48.2 Å². The Kier molecular flexibility index (Phi) is 8.76. The van der Waals surface area contributed by atoms with Crippen LogP contribution >= 0.6 is 35.5 Å². The Balaban J connectivity index is 0.00000280. The number of fused-ring (bicyclic) bond motifs is 1. The lowest BCUT2D eigenvalue weighted by Crippen LogP contribution is -2.38. The number of hydrogen-bond donors (Lipinski definition) is 0. The summed E-state index contributed by atoms with van der Waals surface area (Å²) in [5.74, 6) is 0.00821. The Morgan fingerprint density at radius 2 is 1.71 bits per heavy atom. The summed E-state index contributed by atoms with van der Waals surface area (Å²) in [7, 11) is 0. The van der Waals surface area contributed by atoms with Gasteiger partial charge in [0.25, 0.3) is 5.91 Å². The second-order valence-electron chi connectivity index (χ2n) is 6.18. The summed E-state index contributed by atoms with van der Waals surface area (Å²) in [6, 6.07) is 15.9. The fourth-order valence-electron chi connectivity index (χ4n) is 2.93. The van der Waals surface area contributed by atoms with Gasteiger partial charge in [-0.15, -0.1) is 24.2 Å². The number of rotatable bonds is 8. The van der Waals surface area contributed by atoms with E-state index in [1.54, 1.807) is 23.1 Å². The Labute approximate surface area is 181 Å². The first-order chi connectivity index (χ1) is 13.2. The quantitative estimate of drug-likeness (QED) is 0.442. The summed E-state index contributed by atoms with van der Waals surface area (Å²) in [5, 5.41) is 0.766. The molecule has 28 heavy (non-hydrogen) atoms. The fourth-order valence-corrected chi connectivity index (χ4v) is 4.33. The smallest absolute Gasteiger partial charge is 0.260 e. The number of thiazole rings is 1. The molecule has 7 heteroatoms. The van der Waals surface area contributed by atoms with Crippen molar-refractivity contribution in [1.82, 2.24) is 9.88 Å². The predicted molar refractivity (Wildman–Crippen MR) is 125 cm³/mol. The second kappa shape index (κ2) is 10.8. The van der Waals surface area contributed by atoms with E-state index < -0.39 is 0 Å². The van der Waals surface area contributed by atoms with Crippen molar-refractivity contribution in [2.75, 3.05) is 37.3 Å². The van der Waals surface area contributed by atoms with Crippen molar-refractivity contribution >= 4 is 56.8 Å². The minimum atomic E-state index is 0. The monoisotopic (exact) mass is 435 g/mol. The van der Waals surface area contributed by atoms with Crippen LogP contribution in [0.15, 0.2) is 53.4 Å². The lowest BCUT2D eigenvalue weighted by Gasteiger charge is -2.24. The largest absolute Gasteiger partial charge is 0.302 e. The van der Waals surface area contributed by atoms with Crippen molar-refractivity contribution < 1.29 is 4.79 Å². The van der Waals surface area contributed by atoms with Crippen LogP contribution in [0, 0.1) is 0 Å². The van der Waals surface area contributed by atoms with Gasteiger partial charge in [-0.1, -0.05) is 37.3 Å². The highest BCUT2D eigenvalue weighted by Crippen LogP contribution is 2.29. The molecule has 0 radical (unpaired) electrons. The number of nitrogens with zero attached hydrogens (tertiary/aromatic N) is 3. The molecule has 3 aromatic rings. The molecule has 0 aliphatic heterocycles. The van der Waals surface area contributed by atoms with Crippen molar-refractivity contribution in [2.24, 2.45) is 0 Å². The number of para-hydroxylation sites is 1. The number of hydrogen-bond acceptors (Lipinski definition) is 5. The minimum absolute atomic E-state index is 0. The van der Waals surface area contributed by atoms with Crippen molar-refractivity contribution in [3.63, 3.8) is 0 Å². The molecule has 1 heterocycles. The highest BCUT2D eigenvalue weighted by molar-refractivity contribution is 7.98. The Morgan fingerprint density at radius 1 is 1.04 bits per heavy atom. The number of anilines is 1. The molecule has 0 fully saturated rings. The normalized spacial score (nSPS) is 10.9. The van der Waals surface area contributed by atoms with Crippen LogP contribution in [0.3, 0.4) is 0 Å². The van der Waals surface area contributed by atoms with E-state index in [2.05, 4.69) is 24.8 Å².